The maximum atomic E-state index is 12.8. The molecule has 7 heteroatoms. The minimum Gasteiger partial charge on any atom is -0.368 e. The molecule has 0 unspecified atom stereocenters. The summed E-state index contributed by atoms with van der Waals surface area (Å²) >= 11 is 1.45. The Kier molecular flexibility index (Phi) is 5.68. The number of para-hydroxylation sites is 1. The molecule has 1 saturated heterocycles. The number of thioether (sulfide) groups is 1. The van der Waals surface area contributed by atoms with Crippen LogP contribution in [0.25, 0.3) is 5.69 Å². The van der Waals surface area contributed by atoms with Gasteiger partial charge in [-0.2, -0.15) is 0 Å². The number of aromatic nitrogens is 3. The Hall–Kier alpha value is -2.80. The Morgan fingerprint density at radius 1 is 1.00 bits per heavy atom. The van der Waals surface area contributed by atoms with Crippen LogP contribution in [-0.4, -0.2) is 57.5 Å². The van der Waals surface area contributed by atoms with Gasteiger partial charge >= 0.3 is 0 Å². The molecule has 1 aliphatic heterocycles. The van der Waals surface area contributed by atoms with Gasteiger partial charge in [-0.15, -0.1) is 5.10 Å². The van der Waals surface area contributed by atoms with Crippen molar-refractivity contribution < 1.29 is 4.79 Å². The summed E-state index contributed by atoms with van der Waals surface area (Å²) in [5.41, 5.74) is 3.53. The molecule has 0 spiro atoms. The Bertz CT molecular complexity index is 1050. The van der Waals surface area contributed by atoms with Crippen LogP contribution in [0, 0.1) is 6.92 Å². The molecule has 2 fully saturated rings. The lowest BCUT2D eigenvalue weighted by Crippen LogP contribution is -2.49. The van der Waals surface area contributed by atoms with E-state index >= 15 is 0 Å². The van der Waals surface area contributed by atoms with E-state index in [2.05, 4.69) is 36.1 Å². The Balaban J connectivity index is 1.19. The summed E-state index contributed by atoms with van der Waals surface area (Å²) in [5, 5.41) is 5.40. The first kappa shape index (κ1) is 20.1. The highest BCUT2D eigenvalue weighted by molar-refractivity contribution is 7.99. The lowest BCUT2D eigenvalue weighted by Gasteiger charge is -2.36. The molecule has 5 rings (SSSR count). The van der Waals surface area contributed by atoms with Crippen molar-refractivity contribution in [2.24, 2.45) is 0 Å². The molecule has 1 amide bonds. The Labute approximate surface area is 187 Å². The van der Waals surface area contributed by atoms with E-state index in [0.717, 1.165) is 37.7 Å². The molecule has 6 nitrogen and oxygen atoms in total. The zero-order chi connectivity index (χ0) is 21.2. The van der Waals surface area contributed by atoms with Crippen LogP contribution in [0.15, 0.2) is 59.8 Å². The smallest absolute Gasteiger partial charge is 0.233 e. The highest BCUT2D eigenvalue weighted by Gasteiger charge is 2.31. The van der Waals surface area contributed by atoms with Crippen molar-refractivity contribution in [2.75, 3.05) is 36.8 Å². The molecule has 2 aromatic carbocycles. The van der Waals surface area contributed by atoms with Gasteiger partial charge < -0.3 is 9.80 Å². The molecule has 31 heavy (non-hydrogen) atoms. The average molecular weight is 434 g/mol. The largest absolute Gasteiger partial charge is 0.368 e. The van der Waals surface area contributed by atoms with Crippen LogP contribution in [0.3, 0.4) is 0 Å². The Morgan fingerprint density at radius 2 is 1.74 bits per heavy atom. The number of anilines is 1. The monoisotopic (exact) mass is 433 g/mol. The molecule has 1 aliphatic carbocycles. The number of piperazine rings is 1. The third-order valence-corrected chi connectivity index (χ3v) is 6.70. The number of carbonyl (C=O) groups is 1. The molecule has 1 saturated carbocycles. The van der Waals surface area contributed by atoms with Gasteiger partial charge in [-0.1, -0.05) is 42.1 Å². The molecule has 2 aliphatic rings. The predicted octanol–water partition coefficient (Wildman–Crippen LogP) is 3.89. The summed E-state index contributed by atoms with van der Waals surface area (Å²) in [4.78, 5) is 21.9. The third-order valence-electron chi connectivity index (χ3n) is 5.88. The van der Waals surface area contributed by atoms with E-state index in [1.165, 1.54) is 35.9 Å². The van der Waals surface area contributed by atoms with E-state index in [9.17, 15) is 4.79 Å². The second-order valence-corrected chi connectivity index (χ2v) is 9.21. The average Bonchev–Trinajstić information content (AvgIpc) is 3.57. The molecule has 0 N–H and O–H groups in total. The number of carbonyl (C=O) groups excluding carboxylic acids is 1. The third kappa shape index (κ3) is 4.61. The van der Waals surface area contributed by atoms with E-state index in [1.54, 1.807) is 0 Å². The van der Waals surface area contributed by atoms with Gasteiger partial charge in [0.15, 0.2) is 0 Å². The van der Waals surface area contributed by atoms with Crippen molar-refractivity contribution >= 4 is 23.4 Å². The number of amides is 1. The number of rotatable bonds is 6. The van der Waals surface area contributed by atoms with Crippen molar-refractivity contribution in [1.29, 1.82) is 0 Å². The van der Waals surface area contributed by atoms with Crippen LogP contribution >= 0.6 is 11.8 Å². The molecule has 0 bridgehead atoms. The maximum absolute atomic E-state index is 12.8. The molecular weight excluding hydrogens is 406 g/mol. The summed E-state index contributed by atoms with van der Waals surface area (Å²) < 4.78 is 1.95. The van der Waals surface area contributed by atoms with E-state index < -0.39 is 0 Å². The highest BCUT2D eigenvalue weighted by atomic mass is 32.2. The van der Waals surface area contributed by atoms with E-state index in [4.69, 9.17) is 10.1 Å². The number of hydrogen-bond acceptors (Lipinski definition) is 5. The maximum Gasteiger partial charge on any atom is 0.233 e. The van der Waals surface area contributed by atoms with Crippen LogP contribution in [0.5, 0.6) is 0 Å². The minimum absolute atomic E-state index is 0.165. The number of hydrogen-bond donors (Lipinski definition) is 0. The molecule has 3 aromatic rings. The quantitative estimate of drug-likeness (QED) is 0.552. The van der Waals surface area contributed by atoms with Crippen molar-refractivity contribution in [2.45, 2.75) is 30.8 Å². The van der Waals surface area contributed by atoms with Gasteiger partial charge in [0.2, 0.25) is 11.1 Å². The molecule has 0 atom stereocenters. The van der Waals surface area contributed by atoms with Gasteiger partial charge in [0.25, 0.3) is 0 Å². The van der Waals surface area contributed by atoms with Crippen molar-refractivity contribution in [3.05, 3.63) is 66.0 Å². The van der Waals surface area contributed by atoms with Gasteiger partial charge in [-0.3, -0.25) is 4.79 Å². The molecule has 2 heterocycles. The molecule has 1 aromatic heterocycles. The lowest BCUT2D eigenvalue weighted by molar-refractivity contribution is -0.128. The van der Waals surface area contributed by atoms with Crippen molar-refractivity contribution in [3.63, 3.8) is 0 Å². The number of aryl methyl sites for hydroxylation is 1. The van der Waals surface area contributed by atoms with Gasteiger partial charge in [-0.05, 0) is 49.6 Å². The van der Waals surface area contributed by atoms with E-state index in [1.807, 2.05) is 39.9 Å². The summed E-state index contributed by atoms with van der Waals surface area (Å²) in [7, 11) is 0. The zero-order valence-electron chi connectivity index (χ0n) is 17.8. The highest BCUT2D eigenvalue weighted by Crippen LogP contribution is 2.40. The van der Waals surface area contributed by atoms with Gasteiger partial charge in [-0.25, -0.2) is 9.67 Å². The lowest BCUT2D eigenvalue weighted by atomic mass is 10.2. The summed E-state index contributed by atoms with van der Waals surface area (Å²) in [5.74, 6) is 2.06. The second kappa shape index (κ2) is 8.75. The van der Waals surface area contributed by atoms with Crippen LogP contribution in [0.2, 0.25) is 0 Å². The normalized spacial score (nSPS) is 16.5. The fourth-order valence-electron chi connectivity index (χ4n) is 3.99. The van der Waals surface area contributed by atoms with E-state index in [-0.39, 0.29) is 5.91 Å². The molecule has 160 valence electrons. The topological polar surface area (TPSA) is 54.3 Å². The second-order valence-electron chi connectivity index (χ2n) is 8.27. The van der Waals surface area contributed by atoms with Crippen molar-refractivity contribution in [1.82, 2.24) is 19.7 Å². The standard InChI is InChI=1S/C24H27N5OS/c1-18-6-5-9-21(16-18)27-12-14-28(15-13-27)22(30)17-31-24-25-23(19-10-11-19)29(26-24)20-7-3-2-4-8-20/h2-9,16,19H,10-15,17H2,1H3. The van der Waals surface area contributed by atoms with Gasteiger partial charge in [0.05, 0.1) is 11.4 Å². The summed E-state index contributed by atoms with van der Waals surface area (Å²) in [6.45, 7) is 5.36. The predicted molar refractivity (Wildman–Crippen MR) is 124 cm³/mol. The first-order valence-corrected chi connectivity index (χ1v) is 11.9. The Morgan fingerprint density at radius 3 is 2.45 bits per heavy atom. The van der Waals surface area contributed by atoms with E-state index in [0.29, 0.717) is 16.8 Å². The van der Waals surface area contributed by atoms with Gasteiger partial charge in [0.1, 0.15) is 5.82 Å². The number of nitrogens with zero attached hydrogens (tertiary/aromatic N) is 5. The number of benzene rings is 2. The fraction of sp³-hybridized carbons (Fsp3) is 0.375. The first-order chi connectivity index (χ1) is 15.2. The summed E-state index contributed by atoms with van der Waals surface area (Å²) in [6, 6.07) is 18.7. The van der Waals surface area contributed by atoms with Crippen LogP contribution in [-0.2, 0) is 4.79 Å². The van der Waals surface area contributed by atoms with Crippen molar-refractivity contribution in [3.8, 4) is 5.69 Å². The van der Waals surface area contributed by atoms with Crippen LogP contribution < -0.4 is 4.90 Å². The minimum atomic E-state index is 0.165. The molecule has 0 radical (unpaired) electrons. The zero-order valence-corrected chi connectivity index (χ0v) is 18.6. The summed E-state index contributed by atoms with van der Waals surface area (Å²) in [6.07, 6.45) is 2.33. The van der Waals surface area contributed by atoms with Crippen LogP contribution in [0.4, 0.5) is 5.69 Å². The molecular formula is C24H27N5OS. The first-order valence-electron chi connectivity index (χ1n) is 10.9. The van der Waals surface area contributed by atoms with Gasteiger partial charge in [0, 0.05) is 37.8 Å². The van der Waals surface area contributed by atoms with Crippen LogP contribution in [0.1, 0.15) is 30.1 Å². The SMILES string of the molecule is Cc1cccc(N2CCN(C(=O)CSc3nc(C4CC4)n(-c4ccccc4)n3)CC2)c1. The fourth-order valence-corrected chi connectivity index (χ4v) is 4.72.